The predicted molar refractivity (Wildman–Crippen MR) is 112 cm³/mol. The van der Waals surface area contributed by atoms with Crippen LogP contribution in [0, 0.1) is 5.92 Å². The van der Waals surface area contributed by atoms with Gasteiger partial charge in [0.2, 0.25) is 0 Å². The maximum atomic E-state index is 13.4. The maximum absolute atomic E-state index is 13.4. The summed E-state index contributed by atoms with van der Waals surface area (Å²) in [6, 6.07) is 0. The number of nitrogens with zero attached hydrogens (tertiary/aromatic N) is 4. The Bertz CT molecular complexity index is 777. The first-order chi connectivity index (χ1) is 13.8. The molecule has 1 atom stereocenters. The molecule has 0 spiro atoms. The third-order valence-corrected chi connectivity index (χ3v) is 6.84. The Labute approximate surface area is 171 Å². The van der Waals surface area contributed by atoms with Crippen LogP contribution in [0.5, 0.6) is 0 Å². The number of amides is 1. The van der Waals surface area contributed by atoms with Gasteiger partial charge in [0.05, 0.1) is 12.3 Å². The Hall–Kier alpha value is -1.44. The lowest BCUT2D eigenvalue weighted by atomic mass is 9.99. The molecular formula is C21H32N4O2S. The highest BCUT2D eigenvalue weighted by Gasteiger charge is 2.27. The van der Waals surface area contributed by atoms with Crippen LogP contribution in [0.3, 0.4) is 0 Å². The van der Waals surface area contributed by atoms with E-state index >= 15 is 0 Å². The third-order valence-electron chi connectivity index (χ3n) is 6.09. The van der Waals surface area contributed by atoms with Crippen LogP contribution >= 0.6 is 11.3 Å². The van der Waals surface area contributed by atoms with Gasteiger partial charge in [-0.2, -0.15) is 0 Å². The lowest BCUT2D eigenvalue weighted by Gasteiger charge is -2.32. The van der Waals surface area contributed by atoms with Crippen LogP contribution in [-0.4, -0.2) is 65.0 Å². The highest BCUT2D eigenvalue weighted by molar-refractivity contribution is 7.15. The molecule has 0 aliphatic carbocycles. The molecule has 0 bridgehead atoms. The Morgan fingerprint density at radius 2 is 1.96 bits per heavy atom. The molecule has 2 aromatic rings. The SMILES string of the molecule is COC[C@H]1CCCN(Cc2c(C(=O)N3CCCCCCC3)nc3sccn23)C1. The predicted octanol–water partition coefficient (Wildman–Crippen LogP) is 3.66. The van der Waals surface area contributed by atoms with E-state index in [0.717, 1.165) is 62.8 Å². The molecule has 2 saturated heterocycles. The first-order valence-corrected chi connectivity index (χ1v) is 11.6. The highest BCUT2D eigenvalue weighted by Crippen LogP contribution is 2.24. The zero-order chi connectivity index (χ0) is 19.3. The second kappa shape index (κ2) is 9.37. The summed E-state index contributed by atoms with van der Waals surface area (Å²) in [5, 5.41) is 2.06. The first-order valence-electron chi connectivity index (χ1n) is 10.7. The number of hydrogen-bond acceptors (Lipinski definition) is 5. The Kier molecular flexibility index (Phi) is 6.65. The average Bonchev–Trinajstić information content (AvgIpc) is 3.24. The minimum atomic E-state index is 0.123. The summed E-state index contributed by atoms with van der Waals surface area (Å²) in [5.74, 6) is 0.705. The van der Waals surface area contributed by atoms with Gasteiger partial charge in [0.25, 0.3) is 5.91 Å². The van der Waals surface area contributed by atoms with Gasteiger partial charge in [-0.15, -0.1) is 11.3 Å². The molecule has 154 valence electrons. The Morgan fingerprint density at radius 1 is 1.18 bits per heavy atom. The number of rotatable bonds is 5. The van der Waals surface area contributed by atoms with E-state index in [1.807, 2.05) is 4.90 Å². The quantitative estimate of drug-likeness (QED) is 0.763. The lowest BCUT2D eigenvalue weighted by Crippen LogP contribution is -2.38. The number of carbonyl (C=O) groups excluding carboxylic acids is 1. The Morgan fingerprint density at radius 3 is 2.75 bits per heavy atom. The molecule has 0 radical (unpaired) electrons. The number of thiazole rings is 1. The van der Waals surface area contributed by atoms with Crippen molar-refractivity contribution in [2.45, 2.75) is 51.5 Å². The van der Waals surface area contributed by atoms with Crippen molar-refractivity contribution in [2.75, 3.05) is 39.9 Å². The molecule has 0 unspecified atom stereocenters. The minimum absolute atomic E-state index is 0.123. The topological polar surface area (TPSA) is 50.1 Å². The van der Waals surface area contributed by atoms with Gasteiger partial charge in [0.15, 0.2) is 10.7 Å². The van der Waals surface area contributed by atoms with Crippen molar-refractivity contribution in [3.8, 4) is 0 Å². The van der Waals surface area contributed by atoms with E-state index in [-0.39, 0.29) is 5.91 Å². The standard InChI is InChI=1S/C21H32N4O2S/c1-27-16-17-8-7-9-23(14-17)15-18-19(22-21-25(18)12-13-28-21)20(26)24-10-5-3-2-4-6-11-24/h12-13,17H,2-11,14-16H2,1H3/t17-/m0/s1. The normalized spacial score (nSPS) is 22.3. The zero-order valence-corrected chi connectivity index (χ0v) is 17.8. The number of aromatic nitrogens is 2. The maximum Gasteiger partial charge on any atom is 0.274 e. The second-order valence-electron chi connectivity index (χ2n) is 8.22. The van der Waals surface area contributed by atoms with E-state index < -0.39 is 0 Å². The number of likely N-dealkylation sites (tertiary alicyclic amines) is 2. The molecule has 4 heterocycles. The minimum Gasteiger partial charge on any atom is -0.384 e. The van der Waals surface area contributed by atoms with Crippen molar-refractivity contribution in [1.29, 1.82) is 0 Å². The summed E-state index contributed by atoms with van der Waals surface area (Å²) in [6.45, 7) is 5.44. The number of fused-ring (bicyclic) bond motifs is 1. The number of carbonyl (C=O) groups is 1. The summed E-state index contributed by atoms with van der Waals surface area (Å²) in [4.78, 5) is 23.6. The third kappa shape index (κ3) is 4.42. The summed E-state index contributed by atoms with van der Waals surface area (Å²) in [6.07, 6.45) is 10.4. The van der Waals surface area contributed by atoms with Crippen LogP contribution in [-0.2, 0) is 11.3 Å². The van der Waals surface area contributed by atoms with Gasteiger partial charge in [-0.25, -0.2) is 4.98 Å². The zero-order valence-electron chi connectivity index (χ0n) is 16.9. The van der Waals surface area contributed by atoms with Crippen molar-refractivity contribution in [1.82, 2.24) is 19.2 Å². The fraction of sp³-hybridized carbons (Fsp3) is 0.714. The molecule has 2 fully saturated rings. The number of methoxy groups -OCH3 is 1. The van der Waals surface area contributed by atoms with E-state index in [0.29, 0.717) is 11.6 Å². The van der Waals surface area contributed by atoms with Crippen LogP contribution in [0.1, 0.15) is 61.1 Å². The van der Waals surface area contributed by atoms with E-state index in [9.17, 15) is 4.79 Å². The Balaban J connectivity index is 1.55. The highest BCUT2D eigenvalue weighted by atomic mass is 32.1. The van der Waals surface area contributed by atoms with Crippen molar-refractivity contribution in [2.24, 2.45) is 5.92 Å². The molecule has 1 amide bonds. The van der Waals surface area contributed by atoms with Gasteiger partial charge in [0.1, 0.15) is 0 Å². The lowest BCUT2D eigenvalue weighted by molar-refractivity contribution is 0.0727. The fourth-order valence-corrected chi connectivity index (χ4v) is 5.37. The molecule has 4 rings (SSSR count). The van der Waals surface area contributed by atoms with Crippen molar-refractivity contribution >= 4 is 22.2 Å². The largest absolute Gasteiger partial charge is 0.384 e. The van der Waals surface area contributed by atoms with E-state index in [4.69, 9.17) is 9.72 Å². The number of imidazole rings is 1. The summed E-state index contributed by atoms with van der Waals surface area (Å²) in [7, 11) is 1.78. The van der Waals surface area contributed by atoms with Gasteiger partial charge >= 0.3 is 0 Å². The van der Waals surface area contributed by atoms with Gasteiger partial charge in [-0.3, -0.25) is 14.1 Å². The van der Waals surface area contributed by atoms with Gasteiger partial charge in [-0.05, 0) is 38.1 Å². The smallest absolute Gasteiger partial charge is 0.274 e. The molecule has 0 N–H and O–H groups in total. The molecule has 0 saturated carbocycles. The van der Waals surface area contributed by atoms with Crippen LogP contribution < -0.4 is 0 Å². The molecule has 2 aliphatic rings. The molecule has 6 nitrogen and oxygen atoms in total. The van der Waals surface area contributed by atoms with Crippen molar-refractivity contribution in [3.05, 3.63) is 23.0 Å². The number of hydrogen-bond donors (Lipinski definition) is 0. The number of ether oxygens (including phenoxy) is 1. The van der Waals surface area contributed by atoms with E-state index in [1.165, 1.54) is 32.1 Å². The van der Waals surface area contributed by atoms with Gasteiger partial charge in [-0.1, -0.05) is 19.3 Å². The van der Waals surface area contributed by atoms with Crippen molar-refractivity contribution in [3.63, 3.8) is 0 Å². The van der Waals surface area contributed by atoms with E-state index in [2.05, 4.69) is 20.9 Å². The van der Waals surface area contributed by atoms with Gasteiger partial charge < -0.3 is 9.64 Å². The van der Waals surface area contributed by atoms with Gasteiger partial charge in [0, 0.05) is 44.9 Å². The molecule has 28 heavy (non-hydrogen) atoms. The van der Waals surface area contributed by atoms with Crippen LogP contribution in [0.15, 0.2) is 11.6 Å². The fourth-order valence-electron chi connectivity index (χ4n) is 4.63. The second-order valence-corrected chi connectivity index (χ2v) is 9.09. The average molecular weight is 405 g/mol. The van der Waals surface area contributed by atoms with Crippen LogP contribution in [0.2, 0.25) is 0 Å². The van der Waals surface area contributed by atoms with Crippen molar-refractivity contribution < 1.29 is 9.53 Å². The molecule has 2 aromatic heterocycles. The summed E-state index contributed by atoms with van der Waals surface area (Å²) in [5.41, 5.74) is 1.72. The monoisotopic (exact) mass is 404 g/mol. The molecule has 0 aromatic carbocycles. The van der Waals surface area contributed by atoms with Crippen LogP contribution in [0.4, 0.5) is 0 Å². The summed E-state index contributed by atoms with van der Waals surface area (Å²) >= 11 is 1.61. The molecular weight excluding hydrogens is 372 g/mol. The molecule has 2 aliphatic heterocycles. The van der Waals surface area contributed by atoms with E-state index in [1.54, 1.807) is 18.4 Å². The van der Waals surface area contributed by atoms with Crippen LogP contribution in [0.25, 0.3) is 4.96 Å². The number of piperidine rings is 1. The summed E-state index contributed by atoms with van der Waals surface area (Å²) < 4.78 is 7.51. The first kappa shape index (κ1) is 19.9. The molecule has 7 heteroatoms.